The molecule has 0 atom stereocenters. The van der Waals surface area contributed by atoms with Crippen molar-refractivity contribution in [2.45, 2.75) is 19.9 Å². The van der Waals surface area contributed by atoms with E-state index in [4.69, 9.17) is 0 Å². The van der Waals surface area contributed by atoms with Gasteiger partial charge in [-0.3, -0.25) is 9.59 Å². The molecular formula is C17H16N2O4S. The Morgan fingerprint density at radius 2 is 1.92 bits per heavy atom. The second kappa shape index (κ2) is 6.45. The summed E-state index contributed by atoms with van der Waals surface area (Å²) in [6.45, 7) is 2.37. The maximum atomic E-state index is 12.3. The van der Waals surface area contributed by atoms with Crippen molar-refractivity contribution in [3.63, 3.8) is 0 Å². The highest BCUT2D eigenvalue weighted by molar-refractivity contribution is 7.17. The average Bonchev–Trinajstić information content (AvgIpc) is 2.92. The smallest absolute Gasteiger partial charge is 0.339 e. The molecule has 0 radical (unpaired) electrons. The minimum Gasteiger partial charge on any atom is -0.478 e. The van der Waals surface area contributed by atoms with Gasteiger partial charge in [0, 0.05) is 23.9 Å². The van der Waals surface area contributed by atoms with Crippen LogP contribution in [0, 0.1) is 0 Å². The Labute approximate surface area is 142 Å². The van der Waals surface area contributed by atoms with E-state index in [-0.39, 0.29) is 17.4 Å². The maximum Gasteiger partial charge on any atom is 0.339 e. The van der Waals surface area contributed by atoms with Crippen LogP contribution in [-0.2, 0) is 17.8 Å². The summed E-state index contributed by atoms with van der Waals surface area (Å²) in [7, 11) is 0. The monoisotopic (exact) mass is 344 g/mol. The second-order valence-corrected chi connectivity index (χ2v) is 6.63. The van der Waals surface area contributed by atoms with Crippen molar-refractivity contribution in [1.29, 1.82) is 0 Å². The lowest BCUT2D eigenvalue weighted by Crippen LogP contribution is -2.33. The Balaban J connectivity index is 1.93. The van der Waals surface area contributed by atoms with Crippen molar-refractivity contribution in [3.8, 4) is 0 Å². The summed E-state index contributed by atoms with van der Waals surface area (Å²) in [4.78, 5) is 38.0. The van der Waals surface area contributed by atoms with Crippen LogP contribution in [0.3, 0.4) is 0 Å². The molecule has 1 aromatic carbocycles. The Bertz CT molecular complexity index is 813. The van der Waals surface area contributed by atoms with Gasteiger partial charge >= 0.3 is 5.97 Å². The number of aromatic carboxylic acids is 1. The van der Waals surface area contributed by atoms with E-state index < -0.39 is 5.97 Å². The molecule has 7 heteroatoms. The number of hydrogen-bond donors (Lipinski definition) is 2. The average molecular weight is 344 g/mol. The van der Waals surface area contributed by atoms with Crippen LogP contribution in [0.15, 0.2) is 30.3 Å². The first-order chi connectivity index (χ1) is 11.5. The summed E-state index contributed by atoms with van der Waals surface area (Å²) in [6, 6.07) is 8.63. The normalized spacial score (nSPS) is 13.3. The van der Waals surface area contributed by atoms with Gasteiger partial charge < -0.3 is 15.3 Å². The molecule has 1 aliphatic heterocycles. The quantitative estimate of drug-likeness (QED) is 0.896. The zero-order valence-corrected chi connectivity index (χ0v) is 13.9. The number of carboxylic acid groups (broad SMARTS) is 1. The minimum atomic E-state index is -1.06. The third kappa shape index (κ3) is 3.03. The van der Waals surface area contributed by atoms with E-state index in [0.717, 1.165) is 4.88 Å². The van der Waals surface area contributed by atoms with Gasteiger partial charge in [-0.2, -0.15) is 0 Å². The second-order valence-electron chi connectivity index (χ2n) is 5.52. The Hall–Kier alpha value is -2.67. The Kier molecular flexibility index (Phi) is 4.35. The molecule has 0 fully saturated rings. The van der Waals surface area contributed by atoms with E-state index in [0.29, 0.717) is 35.6 Å². The van der Waals surface area contributed by atoms with Crippen molar-refractivity contribution in [3.05, 3.63) is 51.9 Å². The number of benzene rings is 1. The number of anilines is 1. The first-order valence-electron chi connectivity index (χ1n) is 7.47. The predicted molar refractivity (Wildman–Crippen MR) is 90.5 cm³/mol. The molecule has 0 aliphatic carbocycles. The topological polar surface area (TPSA) is 86.7 Å². The number of nitrogens with zero attached hydrogens (tertiary/aromatic N) is 1. The predicted octanol–water partition coefficient (Wildman–Crippen LogP) is 2.60. The third-order valence-electron chi connectivity index (χ3n) is 3.98. The first-order valence-corrected chi connectivity index (χ1v) is 8.28. The molecule has 1 aromatic heterocycles. The van der Waals surface area contributed by atoms with Gasteiger partial charge in [-0.1, -0.05) is 18.2 Å². The van der Waals surface area contributed by atoms with Gasteiger partial charge in [-0.25, -0.2) is 4.79 Å². The first kappa shape index (κ1) is 16.2. The van der Waals surface area contributed by atoms with Crippen LogP contribution in [0.2, 0.25) is 0 Å². The fourth-order valence-corrected chi connectivity index (χ4v) is 4.00. The summed E-state index contributed by atoms with van der Waals surface area (Å²) in [5, 5.41) is 12.6. The van der Waals surface area contributed by atoms with Gasteiger partial charge in [-0.15, -0.1) is 11.3 Å². The van der Waals surface area contributed by atoms with Crippen LogP contribution < -0.4 is 5.32 Å². The van der Waals surface area contributed by atoms with Crippen LogP contribution >= 0.6 is 11.3 Å². The number of carbonyl (C=O) groups excluding carboxylic acids is 2. The molecule has 0 saturated carbocycles. The van der Waals surface area contributed by atoms with E-state index in [1.165, 1.54) is 18.3 Å². The largest absolute Gasteiger partial charge is 0.478 e. The van der Waals surface area contributed by atoms with E-state index in [2.05, 4.69) is 5.32 Å². The SMILES string of the molecule is CC(=O)N1CCc2c(sc(NC(=O)c3ccccc3)c2C(=O)O)C1. The van der Waals surface area contributed by atoms with Gasteiger partial charge in [0.05, 0.1) is 12.1 Å². The molecule has 1 aliphatic rings. The molecule has 2 aromatic rings. The van der Waals surface area contributed by atoms with Crippen molar-refractivity contribution >= 4 is 34.1 Å². The van der Waals surface area contributed by atoms with Crippen LogP contribution in [0.1, 0.15) is 38.1 Å². The highest BCUT2D eigenvalue weighted by atomic mass is 32.1. The fraction of sp³-hybridized carbons (Fsp3) is 0.235. The number of thiophene rings is 1. The summed E-state index contributed by atoms with van der Waals surface area (Å²) >= 11 is 1.23. The minimum absolute atomic E-state index is 0.0409. The lowest BCUT2D eigenvalue weighted by molar-refractivity contribution is -0.129. The third-order valence-corrected chi connectivity index (χ3v) is 5.11. The number of carbonyl (C=O) groups is 3. The number of nitrogens with one attached hydrogen (secondary N) is 1. The van der Waals surface area contributed by atoms with Gasteiger partial charge in [0.2, 0.25) is 5.91 Å². The van der Waals surface area contributed by atoms with Crippen LogP contribution in [-0.4, -0.2) is 34.3 Å². The molecule has 2 amide bonds. The highest BCUT2D eigenvalue weighted by Crippen LogP contribution is 2.37. The van der Waals surface area contributed by atoms with Gasteiger partial charge in [-0.05, 0) is 24.1 Å². The number of hydrogen-bond acceptors (Lipinski definition) is 4. The van der Waals surface area contributed by atoms with Crippen molar-refractivity contribution < 1.29 is 19.5 Å². The molecule has 0 bridgehead atoms. The van der Waals surface area contributed by atoms with Crippen molar-refractivity contribution in [1.82, 2.24) is 4.90 Å². The fourth-order valence-electron chi connectivity index (χ4n) is 2.75. The molecule has 0 unspecified atom stereocenters. The lowest BCUT2D eigenvalue weighted by atomic mass is 10.0. The van der Waals surface area contributed by atoms with E-state index in [1.54, 1.807) is 35.2 Å². The number of carboxylic acids is 1. The van der Waals surface area contributed by atoms with E-state index in [1.807, 2.05) is 0 Å². The lowest BCUT2D eigenvalue weighted by Gasteiger charge is -2.25. The van der Waals surface area contributed by atoms with Gasteiger partial charge in [0.15, 0.2) is 0 Å². The van der Waals surface area contributed by atoms with Crippen molar-refractivity contribution in [2.75, 3.05) is 11.9 Å². The van der Waals surface area contributed by atoms with Crippen LogP contribution in [0.4, 0.5) is 5.00 Å². The number of fused-ring (bicyclic) bond motifs is 1. The molecule has 0 saturated heterocycles. The molecule has 124 valence electrons. The zero-order chi connectivity index (χ0) is 17.3. The molecule has 2 N–H and O–H groups in total. The highest BCUT2D eigenvalue weighted by Gasteiger charge is 2.29. The Morgan fingerprint density at radius 1 is 1.21 bits per heavy atom. The van der Waals surface area contributed by atoms with Gasteiger partial charge in [0.25, 0.3) is 5.91 Å². The van der Waals surface area contributed by atoms with Gasteiger partial charge in [0.1, 0.15) is 5.00 Å². The maximum absolute atomic E-state index is 12.3. The van der Waals surface area contributed by atoms with Crippen LogP contribution in [0.25, 0.3) is 0 Å². The molecular weight excluding hydrogens is 328 g/mol. The van der Waals surface area contributed by atoms with E-state index in [9.17, 15) is 19.5 Å². The summed E-state index contributed by atoms with van der Waals surface area (Å²) in [6.07, 6.45) is 0.480. The summed E-state index contributed by atoms with van der Waals surface area (Å²) in [5.41, 5.74) is 1.32. The summed E-state index contributed by atoms with van der Waals surface area (Å²) < 4.78 is 0. The molecule has 24 heavy (non-hydrogen) atoms. The van der Waals surface area contributed by atoms with Crippen molar-refractivity contribution in [2.24, 2.45) is 0 Å². The molecule has 3 rings (SSSR count). The zero-order valence-electron chi connectivity index (χ0n) is 13.0. The molecule has 6 nitrogen and oxygen atoms in total. The van der Waals surface area contributed by atoms with E-state index >= 15 is 0 Å². The number of amides is 2. The summed E-state index contributed by atoms with van der Waals surface area (Å²) in [5.74, 6) is -1.45. The van der Waals surface area contributed by atoms with Crippen LogP contribution in [0.5, 0.6) is 0 Å². The Morgan fingerprint density at radius 3 is 2.54 bits per heavy atom. The molecule has 0 spiro atoms. The number of rotatable bonds is 3. The molecule has 2 heterocycles. The standard InChI is InChI=1S/C17H16N2O4S/c1-10(20)19-8-7-12-13(9-19)24-16(14(12)17(22)23)18-15(21)11-5-3-2-4-6-11/h2-6H,7-9H2,1H3,(H,18,21)(H,22,23).